The van der Waals surface area contributed by atoms with Crippen LogP contribution in [0.3, 0.4) is 0 Å². The summed E-state index contributed by atoms with van der Waals surface area (Å²) in [7, 11) is 0. The van der Waals surface area contributed by atoms with Gasteiger partial charge in [0.1, 0.15) is 11.2 Å². The van der Waals surface area contributed by atoms with Crippen molar-refractivity contribution >= 4 is 21.9 Å². The van der Waals surface area contributed by atoms with Crippen molar-refractivity contribution in [2.75, 3.05) is 0 Å². The van der Waals surface area contributed by atoms with Crippen LogP contribution in [0.4, 0.5) is 0 Å². The fourth-order valence-corrected chi connectivity index (χ4v) is 4.16. The minimum absolute atomic E-state index is 0.0310. The summed E-state index contributed by atoms with van der Waals surface area (Å²) in [6, 6.07) is 19.6. The molecule has 0 fully saturated rings. The SMILES string of the molecule is CC.Cc1ccc2c(c1)C(C)(C)c1ccc3oc4ccccc4c3c1-2. The maximum atomic E-state index is 6.08. The molecule has 1 heteroatoms. The third-order valence-electron chi connectivity index (χ3n) is 5.33. The maximum absolute atomic E-state index is 6.08. The molecule has 0 saturated carbocycles. The Labute approximate surface area is 149 Å². The van der Waals surface area contributed by atoms with E-state index in [1.54, 1.807) is 0 Å². The van der Waals surface area contributed by atoms with Gasteiger partial charge >= 0.3 is 0 Å². The van der Waals surface area contributed by atoms with Crippen LogP contribution in [0, 0.1) is 6.92 Å². The minimum atomic E-state index is 0.0310. The van der Waals surface area contributed by atoms with Crippen molar-refractivity contribution < 1.29 is 4.42 Å². The molecule has 1 aliphatic carbocycles. The lowest BCUT2D eigenvalue weighted by Crippen LogP contribution is -2.14. The molecule has 126 valence electrons. The number of fused-ring (bicyclic) bond motifs is 7. The molecule has 0 saturated heterocycles. The number of furan rings is 1. The quantitative estimate of drug-likeness (QED) is 0.332. The summed E-state index contributed by atoms with van der Waals surface area (Å²) in [5, 5.41) is 2.47. The van der Waals surface area contributed by atoms with Crippen molar-refractivity contribution in [1.82, 2.24) is 0 Å². The third-order valence-corrected chi connectivity index (χ3v) is 5.33. The molecule has 0 aliphatic heterocycles. The molecule has 0 N–H and O–H groups in total. The van der Waals surface area contributed by atoms with E-state index in [0.717, 1.165) is 11.2 Å². The number of hydrogen-bond acceptors (Lipinski definition) is 1. The molecule has 1 aromatic heterocycles. The zero-order valence-electron chi connectivity index (χ0n) is 15.6. The summed E-state index contributed by atoms with van der Waals surface area (Å²) in [5.74, 6) is 0. The van der Waals surface area contributed by atoms with Crippen molar-refractivity contribution in [3.05, 3.63) is 71.3 Å². The summed E-state index contributed by atoms with van der Waals surface area (Å²) in [5.41, 5.74) is 8.83. The fraction of sp³-hybridized carbons (Fsp3) is 0.250. The van der Waals surface area contributed by atoms with E-state index < -0.39 is 0 Å². The summed E-state index contributed by atoms with van der Waals surface area (Å²) in [6.45, 7) is 10.8. The molecule has 0 amide bonds. The third kappa shape index (κ3) is 2.08. The summed E-state index contributed by atoms with van der Waals surface area (Å²) >= 11 is 0. The van der Waals surface area contributed by atoms with Gasteiger partial charge in [0.25, 0.3) is 0 Å². The molecule has 4 aromatic rings. The van der Waals surface area contributed by atoms with E-state index in [4.69, 9.17) is 4.42 Å². The predicted molar refractivity (Wildman–Crippen MR) is 107 cm³/mol. The van der Waals surface area contributed by atoms with E-state index in [2.05, 4.69) is 69.3 Å². The van der Waals surface area contributed by atoms with Crippen molar-refractivity contribution in [2.24, 2.45) is 0 Å². The summed E-state index contributed by atoms with van der Waals surface area (Å²) in [4.78, 5) is 0. The summed E-state index contributed by atoms with van der Waals surface area (Å²) < 4.78 is 6.08. The van der Waals surface area contributed by atoms with E-state index in [9.17, 15) is 0 Å². The number of para-hydroxylation sites is 1. The fourth-order valence-electron chi connectivity index (χ4n) is 4.16. The highest BCUT2D eigenvalue weighted by molar-refractivity contribution is 6.14. The van der Waals surface area contributed by atoms with Crippen LogP contribution in [0.5, 0.6) is 0 Å². The molecule has 25 heavy (non-hydrogen) atoms. The van der Waals surface area contributed by atoms with E-state index in [-0.39, 0.29) is 5.41 Å². The molecular weight excluding hydrogens is 304 g/mol. The normalized spacial score (nSPS) is 14.1. The van der Waals surface area contributed by atoms with E-state index in [0.29, 0.717) is 0 Å². The van der Waals surface area contributed by atoms with Gasteiger partial charge in [-0.1, -0.05) is 75.7 Å². The van der Waals surface area contributed by atoms with Gasteiger partial charge < -0.3 is 4.42 Å². The van der Waals surface area contributed by atoms with E-state index in [1.807, 2.05) is 19.9 Å². The highest BCUT2D eigenvalue weighted by atomic mass is 16.3. The van der Waals surface area contributed by atoms with Crippen LogP contribution < -0.4 is 0 Å². The Hall–Kier alpha value is -2.54. The van der Waals surface area contributed by atoms with E-state index in [1.165, 1.54) is 38.6 Å². The first-order chi connectivity index (χ1) is 12.1. The first kappa shape index (κ1) is 16.0. The molecule has 0 atom stereocenters. The maximum Gasteiger partial charge on any atom is 0.136 e. The first-order valence-corrected chi connectivity index (χ1v) is 9.13. The van der Waals surface area contributed by atoms with Gasteiger partial charge in [-0.3, -0.25) is 0 Å². The monoisotopic (exact) mass is 328 g/mol. The van der Waals surface area contributed by atoms with Crippen LogP contribution in [0.2, 0.25) is 0 Å². The van der Waals surface area contributed by atoms with Crippen LogP contribution in [-0.2, 0) is 5.41 Å². The van der Waals surface area contributed by atoms with Crippen LogP contribution in [0.25, 0.3) is 33.1 Å². The highest BCUT2D eigenvalue weighted by Gasteiger charge is 2.37. The van der Waals surface area contributed by atoms with Crippen LogP contribution in [-0.4, -0.2) is 0 Å². The Bertz CT molecular complexity index is 1100. The largest absolute Gasteiger partial charge is 0.456 e. The first-order valence-electron chi connectivity index (χ1n) is 9.13. The second-order valence-corrected chi connectivity index (χ2v) is 7.13. The molecule has 5 rings (SSSR count). The van der Waals surface area contributed by atoms with Crippen molar-refractivity contribution in [3.8, 4) is 11.1 Å². The Morgan fingerprint density at radius 2 is 1.56 bits per heavy atom. The van der Waals surface area contributed by atoms with Gasteiger partial charge in [0.2, 0.25) is 0 Å². The van der Waals surface area contributed by atoms with Crippen molar-refractivity contribution in [2.45, 2.75) is 40.0 Å². The Morgan fingerprint density at radius 3 is 2.36 bits per heavy atom. The zero-order chi connectivity index (χ0) is 17.8. The van der Waals surface area contributed by atoms with Gasteiger partial charge in [-0.15, -0.1) is 0 Å². The molecule has 1 nitrogen and oxygen atoms in total. The Morgan fingerprint density at radius 1 is 0.800 bits per heavy atom. The Balaban J connectivity index is 0.000000758. The van der Waals surface area contributed by atoms with Gasteiger partial charge in [-0.25, -0.2) is 0 Å². The average Bonchev–Trinajstić information content (AvgIpc) is 3.10. The van der Waals surface area contributed by atoms with Gasteiger partial charge in [0, 0.05) is 16.2 Å². The predicted octanol–water partition coefficient (Wildman–Crippen LogP) is 7.23. The van der Waals surface area contributed by atoms with Crippen LogP contribution in [0.1, 0.15) is 44.4 Å². The summed E-state index contributed by atoms with van der Waals surface area (Å²) in [6.07, 6.45) is 0. The van der Waals surface area contributed by atoms with Crippen LogP contribution in [0.15, 0.2) is 59.0 Å². The highest BCUT2D eigenvalue weighted by Crippen LogP contribution is 2.52. The molecule has 0 bridgehead atoms. The molecule has 1 aliphatic rings. The second-order valence-electron chi connectivity index (χ2n) is 7.13. The molecule has 3 aromatic carbocycles. The smallest absolute Gasteiger partial charge is 0.136 e. The molecule has 1 heterocycles. The van der Waals surface area contributed by atoms with Crippen molar-refractivity contribution in [3.63, 3.8) is 0 Å². The van der Waals surface area contributed by atoms with Gasteiger partial charge in [-0.2, -0.15) is 0 Å². The molecule has 0 radical (unpaired) electrons. The average molecular weight is 328 g/mol. The standard InChI is InChI=1S/C22H18O.C2H6/c1-13-8-9-14-17(12-13)22(2,3)16-10-11-19-21(20(14)16)15-6-4-5-7-18(15)23-19;1-2/h4-12H,1-3H3;1-2H3. The lowest BCUT2D eigenvalue weighted by molar-refractivity contribution is 0.656. The lowest BCUT2D eigenvalue weighted by Gasteiger charge is -2.21. The Kier molecular flexibility index (Phi) is 3.50. The minimum Gasteiger partial charge on any atom is -0.456 e. The van der Waals surface area contributed by atoms with E-state index >= 15 is 0 Å². The van der Waals surface area contributed by atoms with Gasteiger partial charge in [-0.05, 0) is 41.3 Å². The van der Waals surface area contributed by atoms with Crippen molar-refractivity contribution in [1.29, 1.82) is 0 Å². The second kappa shape index (κ2) is 5.49. The van der Waals surface area contributed by atoms with Gasteiger partial charge in [0.05, 0.1) is 0 Å². The van der Waals surface area contributed by atoms with Crippen LogP contribution >= 0.6 is 0 Å². The number of aryl methyl sites for hydroxylation is 1. The van der Waals surface area contributed by atoms with Gasteiger partial charge in [0.15, 0.2) is 0 Å². The zero-order valence-corrected chi connectivity index (χ0v) is 15.6. The molecular formula is C24H24O. The molecule has 0 spiro atoms. The number of hydrogen-bond donors (Lipinski definition) is 0. The number of benzene rings is 3. The molecule has 0 unspecified atom stereocenters. The topological polar surface area (TPSA) is 13.1 Å². The lowest BCUT2D eigenvalue weighted by atomic mass is 9.82. The number of rotatable bonds is 0.